The van der Waals surface area contributed by atoms with Gasteiger partial charge in [-0.05, 0) is 36.8 Å². The number of nitrogens with one attached hydrogen (secondary N) is 2. The maximum absolute atomic E-state index is 13.4. The number of nitriles is 1. The van der Waals surface area contributed by atoms with Crippen LogP contribution in [0.2, 0.25) is 0 Å². The predicted molar refractivity (Wildman–Crippen MR) is 147 cm³/mol. The lowest BCUT2D eigenvalue weighted by molar-refractivity contribution is -0.274. The first kappa shape index (κ1) is 28.6. The number of amides is 2. The Labute approximate surface area is 234 Å². The number of fused-ring (bicyclic) bond motifs is 1. The standard InChI is InChI=1S/C28H23F3N6O2.ClH/c1-17-22(34-27(38)37-14-12-33-13-15-37)10-11-23(39-28(29,30)31)24(17)26-21-5-3-2-4-20(21)25(35-36-26)19-8-6-18(16-32)7-9-19;/h2-11,33H,12-15H2,1H3,(H,34,38);1H. The number of alkyl halides is 3. The van der Waals surface area contributed by atoms with Crippen molar-refractivity contribution < 1.29 is 22.7 Å². The summed E-state index contributed by atoms with van der Waals surface area (Å²) in [4.78, 5) is 14.5. The third-order valence-electron chi connectivity index (χ3n) is 6.51. The second-order valence-corrected chi connectivity index (χ2v) is 8.96. The summed E-state index contributed by atoms with van der Waals surface area (Å²) in [5.74, 6) is -0.453. The van der Waals surface area contributed by atoms with Crippen molar-refractivity contribution in [3.05, 3.63) is 71.8 Å². The lowest BCUT2D eigenvalue weighted by atomic mass is 9.96. The molecule has 0 spiro atoms. The highest BCUT2D eigenvalue weighted by Gasteiger charge is 2.34. The Balaban J connectivity index is 0.00000370. The summed E-state index contributed by atoms with van der Waals surface area (Å²) in [6.07, 6.45) is -4.95. The number of anilines is 1. The Hall–Kier alpha value is -4.40. The number of hydrogen-bond donors (Lipinski definition) is 2. The van der Waals surface area contributed by atoms with E-state index in [9.17, 15) is 18.0 Å². The van der Waals surface area contributed by atoms with E-state index in [0.29, 0.717) is 65.0 Å². The van der Waals surface area contributed by atoms with Gasteiger partial charge in [0.2, 0.25) is 0 Å². The van der Waals surface area contributed by atoms with Gasteiger partial charge in [0, 0.05) is 48.2 Å². The fourth-order valence-corrected chi connectivity index (χ4v) is 4.59. The van der Waals surface area contributed by atoms with Crippen molar-refractivity contribution in [2.45, 2.75) is 13.3 Å². The molecule has 2 heterocycles. The highest BCUT2D eigenvalue weighted by Crippen LogP contribution is 2.42. The van der Waals surface area contributed by atoms with E-state index in [-0.39, 0.29) is 29.7 Å². The maximum atomic E-state index is 13.4. The van der Waals surface area contributed by atoms with Gasteiger partial charge in [0.1, 0.15) is 17.1 Å². The summed E-state index contributed by atoms with van der Waals surface area (Å²) >= 11 is 0. The lowest BCUT2D eigenvalue weighted by Crippen LogP contribution is -2.48. The van der Waals surface area contributed by atoms with E-state index in [0.717, 1.165) is 0 Å². The zero-order valence-corrected chi connectivity index (χ0v) is 22.1. The number of carbonyl (C=O) groups is 1. The summed E-state index contributed by atoms with van der Waals surface area (Å²) in [5.41, 5.74) is 2.63. The third kappa shape index (κ3) is 5.93. The molecule has 0 unspecified atom stereocenters. The molecule has 0 radical (unpaired) electrons. The van der Waals surface area contributed by atoms with E-state index in [4.69, 9.17) is 5.26 Å². The van der Waals surface area contributed by atoms with Crippen LogP contribution in [-0.4, -0.2) is 53.7 Å². The van der Waals surface area contributed by atoms with Crippen molar-refractivity contribution in [2.24, 2.45) is 0 Å². The van der Waals surface area contributed by atoms with E-state index in [1.54, 1.807) is 60.4 Å². The van der Waals surface area contributed by atoms with Crippen LogP contribution in [0.4, 0.5) is 23.7 Å². The largest absolute Gasteiger partial charge is 0.573 e. The Morgan fingerprint density at radius 3 is 2.25 bits per heavy atom. The minimum Gasteiger partial charge on any atom is -0.405 e. The molecule has 4 aromatic rings. The van der Waals surface area contributed by atoms with Gasteiger partial charge >= 0.3 is 12.4 Å². The first-order chi connectivity index (χ1) is 18.7. The molecule has 3 aromatic carbocycles. The second kappa shape index (κ2) is 11.8. The molecule has 0 aliphatic carbocycles. The highest BCUT2D eigenvalue weighted by atomic mass is 35.5. The molecule has 1 fully saturated rings. The molecule has 0 saturated carbocycles. The van der Waals surface area contributed by atoms with Crippen molar-refractivity contribution >= 4 is 34.9 Å². The SMILES string of the molecule is Cc1c(NC(=O)N2CCNCC2)ccc(OC(F)(F)F)c1-c1nnc(-c2ccc(C#N)cc2)c2ccccc12.Cl. The van der Waals surface area contributed by atoms with Crippen LogP contribution >= 0.6 is 12.4 Å². The van der Waals surface area contributed by atoms with E-state index in [1.807, 2.05) is 0 Å². The summed E-state index contributed by atoms with van der Waals surface area (Å²) in [5, 5.41) is 25.1. The summed E-state index contributed by atoms with van der Waals surface area (Å²) in [7, 11) is 0. The minimum atomic E-state index is -4.95. The van der Waals surface area contributed by atoms with Gasteiger partial charge < -0.3 is 20.3 Å². The normalized spacial score (nSPS) is 13.3. The molecule has 0 bridgehead atoms. The van der Waals surface area contributed by atoms with E-state index >= 15 is 0 Å². The molecule has 1 aliphatic heterocycles. The number of rotatable bonds is 4. The Morgan fingerprint density at radius 2 is 1.62 bits per heavy atom. The smallest absolute Gasteiger partial charge is 0.405 e. The van der Waals surface area contributed by atoms with Crippen molar-refractivity contribution in [3.63, 3.8) is 0 Å². The third-order valence-corrected chi connectivity index (χ3v) is 6.51. The van der Waals surface area contributed by atoms with E-state index in [2.05, 4.69) is 31.6 Å². The lowest BCUT2D eigenvalue weighted by Gasteiger charge is -2.28. The summed E-state index contributed by atoms with van der Waals surface area (Å²) in [6, 6.07) is 18.2. The molecule has 1 aliphatic rings. The van der Waals surface area contributed by atoms with Gasteiger partial charge in [-0.1, -0.05) is 36.4 Å². The monoisotopic (exact) mass is 568 g/mol. The molecule has 5 rings (SSSR count). The topological polar surface area (TPSA) is 103 Å². The molecule has 1 saturated heterocycles. The van der Waals surface area contributed by atoms with Crippen molar-refractivity contribution in [3.8, 4) is 34.3 Å². The zero-order chi connectivity index (χ0) is 27.6. The first-order valence-electron chi connectivity index (χ1n) is 12.2. The minimum absolute atomic E-state index is 0. The number of carbonyl (C=O) groups excluding carboxylic acids is 1. The van der Waals surface area contributed by atoms with Crippen LogP contribution < -0.4 is 15.4 Å². The quantitative estimate of drug-likeness (QED) is 0.318. The van der Waals surface area contributed by atoms with Crippen LogP contribution in [0.15, 0.2) is 60.7 Å². The number of benzene rings is 3. The van der Waals surface area contributed by atoms with Gasteiger partial charge in [-0.25, -0.2) is 4.79 Å². The molecule has 12 heteroatoms. The molecular weight excluding hydrogens is 545 g/mol. The molecule has 2 N–H and O–H groups in total. The van der Waals surface area contributed by atoms with Crippen molar-refractivity contribution in [1.82, 2.24) is 20.4 Å². The fourth-order valence-electron chi connectivity index (χ4n) is 4.59. The first-order valence-corrected chi connectivity index (χ1v) is 12.2. The molecule has 1 aromatic heterocycles. The van der Waals surface area contributed by atoms with Crippen LogP contribution in [0.3, 0.4) is 0 Å². The van der Waals surface area contributed by atoms with Gasteiger partial charge in [0.15, 0.2) is 0 Å². The van der Waals surface area contributed by atoms with Gasteiger partial charge in [0.05, 0.1) is 17.2 Å². The molecule has 206 valence electrons. The number of aromatic nitrogens is 2. The van der Waals surface area contributed by atoms with Gasteiger partial charge in [-0.15, -0.1) is 35.8 Å². The van der Waals surface area contributed by atoms with E-state index < -0.39 is 12.1 Å². The van der Waals surface area contributed by atoms with E-state index in [1.165, 1.54) is 12.1 Å². The predicted octanol–water partition coefficient (Wildman–Crippen LogP) is 5.90. The molecule has 8 nitrogen and oxygen atoms in total. The average Bonchev–Trinajstić information content (AvgIpc) is 2.94. The number of halogens is 4. The maximum Gasteiger partial charge on any atom is 0.573 e. The second-order valence-electron chi connectivity index (χ2n) is 8.96. The van der Waals surface area contributed by atoms with Crippen molar-refractivity contribution in [2.75, 3.05) is 31.5 Å². The number of hydrogen-bond acceptors (Lipinski definition) is 6. The van der Waals surface area contributed by atoms with Crippen LogP contribution in [0.25, 0.3) is 33.3 Å². The average molecular weight is 569 g/mol. The Morgan fingerprint density at radius 1 is 1.00 bits per heavy atom. The van der Waals surface area contributed by atoms with Crippen LogP contribution in [0.1, 0.15) is 11.1 Å². The number of ether oxygens (including phenoxy) is 1. The number of nitrogens with zero attached hydrogens (tertiary/aromatic N) is 4. The summed E-state index contributed by atoms with van der Waals surface area (Å²) < 4.78 is 44.7. The molecule has 2 amide bonds. The van der Waals surface area contributed by atoms with Crippen molar-refractivity contribution in [1.29, 1.82) is 5.26 Å². The molecule has 40 heavy (non-hydrogen) atoms. The molecule has 0 atom stereocenters. The highest BCUT2D eigenvalue weighted by molar-refractivity contribution is 6.04. The van der Waals surface area contributed by atoms with Gasteiger partial charge in [0.25, 0.3) is 0 Å². The van der Waals surface area contributed by atoms with Gasteiger partial charge in [-0.3, -0.25) is 0 Å². The van der Waals surface area contributed by atoms with Crippen LogP contribution in [-0.2, 0) is 0 Å². The Bertz CT molecular complexity index is 1580. The molecular formula is C28H24ClF3N6O2. The Kier molecular flexibility index (Phi) is 8.42. The van der Waals surface area contributed by atoms with Crippen LogP contribution in [0, 0.1) is 18.3 Å². The fraction of sp³-hybridized carbons (Fsp3) is 0.214. The van der Waals surface area contributed by atoms with Gasteiger partial charge in [-0.2, -0.15) is 5.26 Å². The zero-order valence-electron chi connectivity index (χ0n) is 21.2. The van der Waals surface area contributed by atoms with Crippen LogP contribution in [0.5, 0.6) is 5.75 Å². The number of piperazine rings is 1. The number of urea groups is 1. The summed E-state index contributed by atoms with van der Waals surface area (Å²) in [6.45, 7) is 3.95.